The van der Waals surface area contributed by atoms with Crippen molar-refractivity contribution in [3.05, 3.63) is 24.3 Å². The summed E-state index contributed by atoms with van der Waals surface area (Å²) in [4.78, 5) is 22.9. The number of rotatable bonds is 6. The predicted molar refractivity (Wildman–Crippen MR) is 75.6 cm³/mol. The highest BCUT2D eigenvalue weighted by molar-refractivity contribution is 5.95. The van der Waals surface area contributed by atoms with E-state index in [9.17, 15) is 9.59 Å². The minimum atomic E-state index is -0.646. The zero-order chi connectivity index (χ0) is 15.0. The van der Waals surface area contributed by atoms with Crippen LogP contribution in [0.25, 0.3) is 0 Å². The van der Waals surface area contributed by atoms with Gasteiger partial charge in [0.1, 0.15) is 0 Å². The molecule has 1 atom stereocenters. The number of nitrogens with two attached hydrogens (primary N) is 1. The topological polar surface area (TPSA) is 103 Å². The first-order valence-electron chi connectivity index (χ1n) is 6.07. The second-order valence-electron chi connectivity index (χ2n) is 4.07. The van der Waals surface area contributed by atoms with Crippen molar-refractivity contribution in [3.8, 4) is 0 Å². The Hall–Kier alpha value is -2.12. The third kappa shape index (κ3) is 5.25. The second-order valence-corrected chi connectivity index (χ2v) is 4.07. The molecule has 20 heavy (non-hydrogen) atoms. The number of carbonyl (C=O) groups is 2. The van der Waals surface area contributed by atoms with Crippen LogP contribution in [0.1, 0.15) is 6.42 Å². The molecule has 0 saturated carbocycles. The third-order valence-electron chi connectivity index (χ3n) is 2.53. The van der Waals surface area contributed by atoms with Gasteiger partial charge in [0.25, 0.3) is 0 Å². The summed E-state index contributed by atoms with van der Waals surface area (Å²) in [7, 11) is 2.82. The summed E-state index contributed by atoms with van der Waals surface area (Å²) in [5, 5.41) is 5.18. The van der Waals surface area contributed by atoms with Crippen LogP contribution in [0.4, 0.5) is 16.2 Å². The summed E-state index contributed by atoms with van der Waals surface area (Å²) in [5.41, 5.74) is 6.76. The Kier molecular flexibility index (Phi) is 6.48. The van der Waals surface area contributed by atoms with E-state index in [4.69, 9.17) is 10.5 Å². The van der Waals surface area contributed by atoms with Crippen LogP contribution < -0.4 is 16.4 Å². The van der Waals surface area contributed by atoms with Crippen molar-refractivity contribution in [2.45, 2.75) is 12.5 Å². The fourth-order valence-corrected chi connectivity index (χ4v) is 1.45. The van der Waals surface area contributed by atoms with E-state index in [1.165, 1.54) is 7.11 Å². The van der Waals surface area contributed by atoms with E-state index in [0.717, 1.165) is 0 Å². The van der Waals surface area contributed by atoms with E-state index in [0.29, 0.717) is 24.4 Å². The number of carbonyl (C=O) groups excluding carboxylic acids is 2. The summed E-state index contributed by atoms with van der Waals surface area (Å²) in [6.07, 6.45) is -0.145. The molecule has 1 rings (SSSR count). The summed E-state index contributed by atoms with van der Waals surface area (Å²) in [5.74, 6) is -0.308. The van der Waals surface area contributed by atoms with Gasteiger partial charge in [-0.3, -0.25) is 10.1 Å². The molecule has 0 bridgehead atoms. The molecular formula is C13H19N3O4. The van der Waals surface area contributed by atoms with Gasteiger partial charge in [0.05, 0.1) is 13.2 Å². The highest BCUT2D eigenvalue weighted by Gasteiger charge is 2.13. The van der Waals surface area contributed by atoms with Gasteiger partial charge in [-0.25, -0.2) is 4.79 Å². The summed E-state index contributed by atoms with van der Waals surface area (Å²) < 4.78 is 9.35. The molecule has 0 heterocycles. The lowest BCUT2D eigenvalue weighted by Gasteiger charge is -2.12. The molecule has 0 aliphatic heterocycles. The number of nitrogens with one attached hydrogen (secondary N) is 2. The molecule has 0 aromatic heterocycles. The molecule has 1 unspecified atom stereocenters. The number of hydrogen-bond donors (Lipinski definition) is 3. The normalized spacial score (nSPS) is 11.6. The van der Waals surface area contributed by atoms with Crippen molar-refractivity contribution < 1.29 is 19.1 Å². The maximum Gasteiger partial charge on any atom is 0.411 e. The lowest BCUT2D eigenvalue weighted by atomic mass is 10.2. The van der Waals surface area contributed by atoms with Gasteiger partial charge in [-0.2, -0.15) is 0 Å². The Labute approximate surface area is 117 Å². The van der Waals surface area contributed by atoms with Gasteiger partial charge < -0.3 is 20.5 Å². The molecule has 1 aromatic carbocycles. The predicted octanol–water partition coefficient (Wildman–Crippen LogP) is 1.17. The zero-order valence-corrected chi connectivity index (χ0v) is 11.5. The first-order valence-corrected chi connectivity index (χ1v) is 6.07. The van der Waals surface area contributed by atoms with E-state index in [1.54, 1.807) is 31.4 Å². The molecule has 110 valence electrons. The van der Waals surface area contributed by atoms with Crippen LogP contribution in [0.15, 0.2) is 24.3 Å². The molecule has 7 heteroatoms. The number of amides is 2. The van der Waals surface area contributed by atoms with Crippen LogP contribution in [0.5, 0.6) is 0 Å². The Morgan fingerprint density at radius 1 is 1.25 bits per heavy atom. The zero-order valence-electron chi connectivity index (χ0n) is 11.5. The van der Waals surface area contributed by atoms with E-state index >= 15 is 0 Å². The first-order chi connectivity index (χ1) is 9.56. The average Bonchev–Trinajstić information content (AvgIpc) is 2.44. The van der Waals surface area contributed by atoms with Gasteiger partial charge in [-0.15, -0.1) is 0 Å². The fraction of sp³-hybridized carbons (Fsp3) is 0.385. The largest absolute Gasteiger partial charge is 0.453 e. The van der Waals surface area contributed by atoms with E-state index < -0.39 is 12.1 Å². The van der Waals surface area contributed by atoms with Crippen LogP contribution in [-0.2, 0) is 14.3 Å². The van der Waals surface area contributed by atoms with Crippen molar-refractivity contribution >= 4 is 23.4 Å². The van der Waals surface area contributed by atoms with Crippen LogP contribution in [0.3, 0.4) is 0 Å². The lowest BCUT2D eigenvalue weighted by molar-refractivity contribution is -0.117. The number of anilines is 2. The maximum atomic E-state index is 11.8. The molecule has 0 aliphatic rings. The molecule has 1 aromatic rings. The number of benzene rings is 1. The van der Waals surface area contributed by atoms with Crippen molar-refractivity contribution in [2.75, 3.05) is 31.5 Å². The molecular weight excluding hydrogens is 262 g/mol. The van der Waals surface area contributed by atoms with Gasteiger partial charge in [0.2, 0.25) is 5.91 Å². The number of hydrogen-bond acceptors (Lipinski definition) is 5. The van der Waals surface area contributed by atoms with Crippen LogP contribution >= 0.6 is 0 Å². The fourth-order valence-electron chi connectivity index (χ4n) is 1.45. The molecule has 4 N–H and O–H groups in total. The standard InChI is InChI=1S/C13H19N3O4/c1-19-7-6-11(14)12(17)15-9-4-3-5-10(8-9)16-13(18)20-2/h3-5,8,11H,6-7,14H2,1-2H3,(H,15,17)(H,16,18). The smallest absolute Gasteiger partial charge is 0.411 e. The van der Waals surface area contributed by atoms with Gasteiger partial charge in [0, 0.05) is 25.1 Å². The average molecular weight is 281 g/mol. The minimum Gasteiger partial charge on any atom is -0.453 e. The summed E-state index contributed by atoms with van der Waals surface area (Å²) in [6.45, 7) is 0.415. The van der Waals surface area contributed by atoms with Gasteiger partial charge in [0.15, 0.2) is 0 Å². The maximum absolute atomic E-state index is 11.8. The SMILES string of the molecule is COCCC(N)C(=O)Nc1cccc(NC(=O)OC)c1. The van der Waals surface area contributed by atoms with Crippen molar-refractivity contribution in [2.24, 2.45) is 5.73 Å². The number of ether oxygens (including phenoxy) is 2. The third-order valence-corrected chi connectivity index (χ3v) is 2.53. The van der Waals surface area contributed by atoms with E-state index in [-0.39, 0.29) is 5.91 Å². The van der Waals surface area contributed by atoms with Crippen molar-refractivity contribution in [1.82, 2.24) is 0 Å². The molecule has 7 nitrogen and oxygen atoms in total. The number of methoxy groups -OCH3 is 2. The van der Waals surface area contributed by atoms with E-state index in [2.05, 4.69) is 15.4 Å². The lowest BCUT2D eigenvalue weighted by Crippen LogP contribution is -2.36. The molecule has 0 fully saturated rings. The summed E-state index contributed by atoms with van der Waals surface area (Å²) >= 11 is 0. The van der Waals surface area contributed by atoms with Crippen LogP contribution in [0, 0.1) is 0 Å². The molecule has 0 saturated heterocycles. The highest BCUT2D eigenvalue weighted by Crippen LogP contribution is 2.15. The Morgan fingerprint density at radius 2 is 1.90 bits per heavy atom. The minimum absolute atomic E-state index is 0.308. The molecule has 0 aliphatic carbocycles. The van der Waals surface area contributed by atoms with Gasteiger partial charge in [-0.05, 0) is 24.6 Å². The Morgan fingerprint density at radius 3 is 2.50 bits per heavy atom. The highest BCUT2D eigenvalue weighted by atomic mass is 16.5. The molecule has 2 amide bonds. The van der Waals surface area contributed by atoms with Crippen LogP contribution in [0.2, 0.25) is 0 Å². The molecule has 0 radical (unpaired) electrons. The van der Waals surface area contributed by atoms with Crippen molar-refractivity contribution in [3.63, 3.8) is 0 Å². The quantitative estimate of drug-likeness (QED) is 0.726. The van der Waals surface area contributed by atoms with Gasteiger partial charge in [-0.1, -0.05) is 6.07 Å². The van der Waals surface area contributed by atoms with Crippen molar-refractivity contribution in [1.29, 1.82) is 0 Å². The Balaban J connectivity index is 2.61. The second kappa shape index (κ2) is 8.13. The monoisotopic (exact) mass is 281 g/mol. The summed E-state index contributed by atoms with van der Waals surface area (Å²) in [6, 6.07) is 6.03. The Bertz CT molecular complexity index is 465. The van der Waals surface area contributed by atoms with Crippen LogP contribution in [-0.4, -0.2) is 38.9 Å². The van der Waals surface area contributed by atoms with E-state index in [1.807, 2.05) is 0 Å². The van der Waals surface area contributed by atoms with Gasteiger partial charge >= 0.3 is 6.09 Å². The first kappa shape index (κ1) is 15.9. The molecule has 0 spiro atoms.